The summed E-state index contributed by atoms with van der Waals surface area (Å²) in [6.07, 6.45) is 1.63. The van der Waals surface area contributed by atoms with Gasteiger partial charge in [0.1, 0.15) is 5.82 Å². The number of nitrogen functional groups attached to an aromatic ring is 1. The van der Waals surface area contributed by atoms with Gasteiger partial charge in [0, 0.05) is 27.1 Å². The molecule has 1 aromatic heterocycles. The van der Waals surface area contributed by atoms with Gasteiger partial charge in [-0.15, -0.1) is 0 Å². The maximum absolute atomic E-state index is 13.7. The fraction of sp³-hybridized carbons (Fsp3) is 0.0909. The van der Waals surface area contributed by atoms with Crippen LogP contribution >= 0.6 is 15.9 Å². The second kappa shape index (κ2) is 7.46. The third-order valence-electron chi connectivity index (χ3n) is 5.02. The van der Waals surface area contributed by atoms with E-state index in [1.54, 1.807) is 38.1 Å². The number of rotatable bonds is 3. The molecular weight excluding hydrogens is 451 g/mol. The molecule has 152 valence electrons. The molecule has 0 bridgehead atoms. The molecule has 0 fully saturated rings. The van der Waals surface area contributed by atoms with Crippen molar-refractivity contribution in [3.8, 4) is 0 Å². The molecular formula is C22H18BrFN4O2. The molecule has 2 amide bonds. The quantitative estimate of drug-likeness (QED) is 0.326. The zero-order valence-electron chi connectivity index (χ0n) is 16.2. The van der Waals surface area contributed by atoms with Crippen LogP contribution in [-0.2, 0) is 4.79 Å². The molecule has 0 saturated carbocycles. The molecule has 3 aromatic rings. The number of nitrogens with one attached hydrogen (secondary N) is 3. The van der Waals surface area contributed by atoms with Crippen LogP contribution < -0.4 is 16.4 Å². The van der Waals surface area contributed by atoms with Crippen LogP contribution in [0.3, 0.4) is 0 Å². The van der Waals surface area contributed by atoms with E-state index >= 15 is 0 Å². The van der Waals surface area contributed by atoms with E-state index in [4.69, 9.17) is 5.73 Å². The second-order valence-corrected chi connectivity index (χ2v) is 7.97. The van der Waals surface area contributed by atoms with Crippen molar-refractivity contribution in [3.05, 3.63) is 74.8 Å². The van der Waals surface area contributed by atoms with Crippen LogP contribution in [0.2, 0.25) is 0 Å². The number of aromatic amines is 1. The molecule has 1 aliphatic rings. The number of aryl methyl sites for hydroxylation is 1. The average Bonchev–Trinajstić information content (AvgIpc) is 3.14. The van der Waals surface area contributed by atoms with Crippen LogP contribution in [0.5, 0.6) is 0 Å². The molecule has 0 unspecified atom stereocenters. The van der Waals surface area contributed by atoms with Crippen LogP contribution in [0.25, 0.3) is 11.6 Å². The van der Waals surface area contributed by atoms with Gasteiger partial charge in [-0.05, 0) is 61.9 Å². The van der Waals surface area contributed by atoms with Crippen molar-refractivity contribution in [2.75, 3.05) is 16.4 Å². The molecule has 5 N–H and O–H groups in total. The molecule has 6 nitrogen and oxygen atoms in total. The van der Waals surface area contributed by atoms with E-state index in [0.717, 1.165) is 4.47 Å². The highest BCUT2D eigenvalue weighted by atomic mass is 79.9. The lowest BCUT2D eigenvalue weighted by Crippen LogP contribution is -2.14. The molecule has 30 heavy (non-hydrogen) atoms. The number of benzene rings is 2. The van der Waals surface area contributed by atoms with Crippen molar-refractivity contribution in [1.29, 1.82) is 0 Å². The van der Waals surface area contributed by atoms with Gasteiger partial charge >= 0.3 is 0 Å². The van der Waals surface area contributed by atoms with Crippen molar-refractivity contribution in [1.82, 2.24) is 4.98 Å². The number of aromatic nitrogens is 1. The molecule has 1 aliphatic heterocycles. The summed E-state index contributed by atoms with van der Waals surface area (Å²) in [6.45, 7) is 3.56. The van der Waals surface area contributed by atoms with Gasteiger partial charge in [-0.1, -0.05) is 15.9 Å². The Balaban J connectivity index is 1.70. The second-order valence-electron chi connectivity index (χ2n) is 7.05. The van der Waals surface area contributed by atoms with E-state index in [2.05, 4.69) is 31.5 Å². The average molecular weight is 469 g/mol. The standard InChI is InChI=1S/C22H18BrFN4O2/c1-10-18(9-15-14-8-13(24)4-6-17(14)27-21(15)29)26-11(2)20(10)22(30)28-19-7-12(23)3-5-16(19)25/h3-9,26H,25H2,1-2H3,(H,27,29)(H,28,30)/b15-9-. The summed E-state index contributed by atoms with van der Waals surface area (Å²) >= 11 is 3.36. The van der Waals surface area contributed by atoms with E-state index in [9.17, 15) is 14.0 Å². The van der Waals surface area contributed by atoms with Gasteiger partial charge in [-0.2, -0.15) is 0 Å². The number of hydrogen-bond acceptors (Lipinski definition) is 3. The van der Waals surface area contributed by atoms with Crippen LogP contribution in [0.15, 0.2) is 40.9 Å². The SMILES string of the molecule is Cc1[nH]c(/C=C2\C(=O)Nc3ccc(F)cc32)c(C)c1C(=O)Nc1cc(Br)ccc1N. The van der Waals surface area contributed by atoms with Gasteiger partial charge in [0.15, 0.2) is 0 Å². The Morgan fingerprint density at radius 1 is 1.20 bits per heavy atom. The molecule has 0 aliphatic carbocycles. The van der Waals surface area contributed by atoms with E-state index < -0.39 is 5.82 Å². The van der Waals surface area contributed by atoms with Crippen LogP contribution in [-0.4, -0.2) is 16.8 Å². The van der Waals surface area contributed by atoms with Gasteiger partial charge < -0.3 is 21.4 Å². The Bertz CT molecular complexity index is 1250. The van der Waals surface area contributed by atoms with Crippen LogP contribution in [0.4, 0.5) is 21.5 Å². The molecule has 0 radical (unpaired) electrons. The first-order chi connectivity index (χ1) is 14.2. The minimum Gasteiger partial charge on any atom is -0.397 e. The number of nitrogens with two attached hydrogens (primary N) is 1. The van der Waals surface area contributed by atoms with Gasteiger partial charge in [0.2, 0.25) is 0 Å². The lowest BCUT2D eigenvalue weighted by molar-refractivity contribution is -0.110. The Hall–Kier alpha value is -3.39. The van der Waals surface area contributed by atoms with E-state index in [0.29, 0.717) is 50.7 Å². The number of halogens is 2. The molecule has 2 aromatic carbocycles. The molecule has 0 atom stereocenters. The summed E-state index contributed by atoms with van der Waals surface area (Å²) in [7, 11) is 0. The third-order valence-corrected chi connectivity index (χ3v) is 5.51. The summed E-state index contributed by atoms with van der Waals surface area (Å²) in [4.78, 5) is 28.5. The lowest BCUT2D eigenvalue weighted by Gasteiger charge is -2.09. The predicted octanol–water partition coefficient (Wildman–Crippen LogP) is 4.86. The summed E-state index contributed by atoms with van der Waals surface area (Å²) in [6, 6.07) is 9.34. The largest absolute Gasteiger partial charge is 0.397 e. The van der Waals surface area contributed by atoms with Gasteiger partial charge in [0.25, 0.3) is 11.8 Å². The number of anilines is 3. The Morgan fingerprint density at radius 2 is 1.97 bits per heavy atom. The van der Waals surface area contributed by atoms with Gasteiger partial charge in [-0.25, -0.2) is 4.39 Å². The first-order valence-electron chi connectivity index (χ1n) is 9.13. The van der Waals surface area contributed by atoms with E-state index in [1.165, 1.54) is 18.2 Å². The van der Waals surface area contributed by atoms with E-state index in [1.807, 2.05) is 0 Å². The number of carbonyl (C=O) groups is 2. The number of amides is 2. The Labute approximate surface area is 180 Å². The summed E-state index contributed by atoms with van der Waals surface area (Å²) in [5.74, 6) is -1.07. The third kappa shape index (κ3) is 3.50. The van der Waals surface area contributed by atoms with Gasteiger partial charge in [0.05, 0.1) is 22.5 Å². The van der Waals surface area contributed by atoms with Crippen LogP contribution in [0, 0.1) is 19.7 Å². The summed E-state index contributed by atoms with van der Waals surface area (Å²) in [5.41, 5.74) is 10.6. The lowest BCUT2D eigenvalue weighted by atomic mass is 10.0. The summed E-state index contributed by atoms with van der Waals surface area (Å²) in [5, 5.41) is 5.54. The van der Waals surface area contributed by atoms with Crippen molar-refractivity contribution in [3.63, 3.8) is 0 Å². The van der Waals surface area contributed by atoms with E-state index in [-0.39, 0.29) is 11.8 Å². The van der Waals surface area contributed by atoms with Crippen molar-refractivity contribution < 1.29 is 14.0 Å². The van der Waals surface area contributed by atoms with Gasteiger partial charge in [-0.3, -0.25) is 9.59 Å². The highest BCUT2D eigenvalue weighted by molar-refractivity contribution is 9.10. The maximum atomic E-state index is 13.7. The molecule has 2 heterocycles. The normalized spacial score (nSPS) is 14.0. The van der Waals surface area contributed by atoms with Crippen LogP contribution in [0.1, 0.15) is 32.9 Å². The first kappa shape index (κ1) is 19.9. The van der Waals surface area contributed by atoms with Crippen molar-refractivity contribution in [2.24, 2.45) is 0 Å². The maximum Gasteiger partial charge on any atom is 0.257 e. The zero-order valence-corrected chi connectivity index (χ0v) is 17.8. The highest BCUT2D eigenvalue weighted by Crippen LogP contribution is 2.34. The molecule has 0 saturated heterocycles. The Morgan fingerprint density at radius 3 is 2.73 bits per heavy atom. The zero-order chi connectivity index (χ0) is 21.6. The number of hydrogen-bond donors (Lipinski definition) is 4. The fourth-order valence-electron chi connectivity index (χ4n) is 3.53. The topological polar surface area (TPSA) is 100 Å². The highest BCUT2D eigenvalue weighted by Gasteiger charge is 2.26. The first-order valence-corrected chi connectivity index (χ1v) is 9.92. The molecule has 4 rings (SSSR count). The minimum absolute atomic E-state index is 0.321. The fourth-order valence-corrected chi connectivity index (χ4v) is 3.89. The predicted molar refractivity (Wildman–Crippen MR) is 120 cm³/mol. The molecule has 8 heteroatoms. The minimum atomic E-state index is -0.429. The van der Waals surface area contributed by atoms with Crippen molar-refractivity contribution >= 4 is 56.5 Å². The Kier molecular flexibility index (Phi) is 4.95. The van der Waals surface area contributed by atoms with Crippen molar-refractivity contribution in [2.45, 2.75) is 13.8 Å². The summed E-state index contributed by atoms with van der Waals surface area (Å²) < 4.78 is 14.5. The smallest absolute Gasteiger partial charge is 0.257 e. The number of H-pyrrole nitrogens is 1. The number of fused-ring (bicyclic) bond motifs is 1. The number of carbonyl (C=O) groups excluding carboxylic acids is 2. The molecule has 0 spiro atoms. The monoisotopic (exact) mass is 468 g/mol.